The van der Waals surface area contributed by atoms with Crippen LogP contribution in [0.25, 0.3) is 0 Å². The predicted octanol–water partition coefficient (Wildman–Crippen LogP) is 3.74. The topological polar surface area (TPSA) is 60.5 Å². The van der Waals surface area contributed by atoms with Crippen molar-refractivity contribution in [1.82, 2.24) is 10.3 Å². The number of benzene rings is 2. The number of carbonyl (C=O) groups is 1. The molecule has 3 rings (SSSR count). The zero-order chi connectivity index (χ0) is 18.2. The lowest BCUT2D eigenvalue weighted by Crippen LogP contribution is -2.24. The van der Waals surface area contributed by atoms with E-state index in [1.807, 2.05) is 60.7 Å². The van der Waals surface area contributed by atoms with Gasteiger partial charge in [-0.25, -0.2) is 4.98 Å². The molecule has 5 heteroatoms. The third-order valence-electron chi connectivity index (χ3n) is 3.77. The molecule has 1 aromatic heterocycles. The quantitative estimate of drug-likeness (QED) is 0.706. The molecule has 0 atom stereocenters. The second-order valence-corrected chi connectivity index (χ2v) is 5.72. The van der Waals surface area contributed by atoms with Crippen LogP contribution in [0.2, 0.25) is 0 Å². The molecule has 3 aromatic rings. The van der Waals surface area contributed by atoms with Gasteiger partial charge in [0.15, 0.2) is 0 Å². The number of rotatable bonds is 7. The molecule has 1 amide bonds. The summed E-state index contributed by atoms with van der Waals surface area (Å²) in [4.78, 5) is 16.3. The Labute approximate surface area is 152 Å². The van der Waals surface area contributed by atoms with Gasteiger partial charge in [-0.05, 0) is 41.5 Å². The highest BCUT2D eigenvalue weighted by atomic mass is 16.5. The molecule has 0 bridgehead atoms. The van der Waals surface area contributed by atoms with Crippen molar-refractivity contribution < 1.29 is 14.3 Å². The maximum atomic E-state index is 12.1. The molecule has 5 nitrogen and oxygen atoms in total. The van der Waals surface area contributed by atoms with Crippen LogP contribution in [0.5, 0.6) is 17.4 Å². The molecule has 0 aliphatic carbocycles. The molecule has 0 aliphatic heterocycles. The SMILES string of the molecule is COc1ccc(CC(=O)NCc2cccc(Oc3ccccn3)c2)cc1. The lowest BCUT2D eigenvalue weighted by molar-refractivity contribution is -0.120. The van der Waals surface area contributed by atoms with Gasteiger partial charge in [0.25, 0.3) is 0 Å². The first-order valence-corrected chi connectivity index (χ1v) is 8.30. The van der Waals surface area contributed by atoms with Crippen molar-refractivity contribution >= 4 is 5.91 Å². The van der Waals surface area contributed by atoms with Gasteiger partial charge in [-0.2, -0.15) is 0 Å². The van der Waals surface area contributed by atoms with Gasteiger partial charge >= 0.3 is 0 Å². The fourth-order valence-corrected chi connectivity index (χ4v) is 2.44. The minimum absolute atomic E-state index is 0.0359. The molecule has 1 heterocycles. The first-order valence-electron chi connectivity index (χ1n) is 8.30. The number of hydrogen-bond acceptors (Lipinski definition) is 4. The molecule has 2 aromatic carbocycles. The Morgan fingerprint density at radius 2 is 1.81 bits per heavy atom. The zero-order valence-corrected chi connectivity index (χ0v) is 14.5. The van der Waals surface area contributed by atoms with Crippen LogP contribution in [0.15, 0.2) is 72.9 Å². The van der Waals surface area contributed by atoms with Crippen molar-refractivity contribution in [2.75, 3.05) is 7.11 Å². The number of nitrogens with zero attached hydrogens (tertiary/aromatic N) is 1. The van der Waals surface area contributed by atoms with E-state index in [1.54, 1.807) is 19.4 Å². The lowest BCUT2D eigenvalue weighted by Gasteiger charge is -2.09. The van der Waals surface area contributed by atoms with Gasteiger partial charge in [0, 0.05) is 18.8 Å². The largest absolute Gasteiger partial charge is 0.497 e. The van der Waals surface area contributed by atoms with E-state index in [1.165, 1.54) is 0 Å². The molecule has 1 N–H and O–H groups in total. The van der Waals surface area contributed by atoms with Gasteiger partial charge in [-0.1, -0.05) is 30.3 Å². The highest BCUT2D eigenvalue weighted by Gasteiger charge is 2.05. The molecule has 26 heavy (non-hydrogen) atoms. The van der Waals surface area contributed by atoms with Gasteiger partial charge in [0.05, 0.1) is 13.5 Å². The van der Waals surface area contributed by atoms with Gasteiger partial charge < -0.3 is 14.8 Å². The van der Waals surface area contributed by atoms with Crippen molar-refractivity contribution in [2.45, 2.75) is 13.0 Å². The van der Waals surface area contributed by atoms with E-state index in [4.69, 9.17) is 9.47 Å². The van der Waals surface area contributed by atoms with E-state index >= 15 is 0 Å². The van der Waals surface area contributed by atoms with Crippen LogP contribution >= 0.6 is 0 Å². The number of hydrogen-bond donors (Lipinski definition) is 1. The summed E-state index contributed by atoms with van der Waals surface area (Å²) in [5, 5.41) is 2.93. The third-order valence-corrected chi connectivity index (χ3v) is 3.77. The van der Waals surface area contributed by atoms with E-state index in [9.17, 15) is 4.79 Å². The highest BCUT2D eigenvalue weighted by Crippen LogP contribution is 2.20. The smallest absolute Gasteiger partial charge is 0.224 e. The molecule has 0 spiro atoms. The summed E-state index contributed by atoms with van der Waals surface area (Å²) >= 11 is 0. The number of amides is 1. The minimum atomic E-state index is -0.0359. The van der Waals surface area contributed by atoms with Crippen molar-refractivity contribution in [3.05, 3.63) is 84.1 Å². The predicted molar refractivity (Wildman–Crippen MR) is 99.3 cm³/mol. The summed E-state index contributed by atoms with van der Waals surface area (Å²) in [7, 11) is 1.62. The van der Waals surface area contributed by atoms with Crippen LogP contribution in [0.3, 0.4) is 0 Å². The Morgan fingerprint density at radius 1 is 0.962 bits per heavy atom. The Balaban J connectivity index is 1.53. The summed E-state index contributed by atoms with van der Waals surface area (Å²) in [5.41, 5.74) is 1.90. The Morgan fingerprint density at radius 3 is 2.54 bits per heavy atom. The molecule has 132 valence electrons. The van der Waals surface area contributed by atoms with E-state index in [0.717, 1.165) is 16.9 Å². The Bertz CT molecular complexity index is 849. The summed E-state index contributed by atoms with van der Waals surface area (Å²) < 4.78 is 10.8. The highest BCUT2D eigenvalue weighted by molar-refractivity contribution is 5.78. The molecule has 0 saturated carbocycles. The molecule has 0 aliphatic rings. The van der Waals surface area contributed by atoms with Gasteiger partial charge in [0.1, 0.15) is 11.5 Å². The number of methoxy groups -OCH3 is 1. The fraction of sp³-hybridized carbons (Fsp3) is 0.143. The number of pyridine rings is 1. The number of aromatic nitrogens is 1. The van der Waals surface area contributed by atoms with Gasteiger partial charge in [-0.15, -0.1) is 0 Å². The third kappa shape index (κ3) is 5.08. The van der Waals surface area contributed by atoms with E-state index < -0.39 is 0 Å². The number of carbonyl (C=O) groups excluding carboxylic acids is 1. The van der Waals surface area contributed by atoms with E-state index in [2.05, 4.69) is 10.3 Å². The molecule has 0 saturated heterocycles. The monoisotopic (exact) mass is 348 g/mol. The van der Waals surface area contributed by atoms with Crippen molar-refractivity contribution in [3.8, 4) is 17.4 Å². The minimum Gasteiger partial charge on any atom is -0.497 e. The summed E-state index contributed by atoms with van der Waals surface area (Å²) in [6.07, 6.45) is 2.01. The Kier molecular flexibility index (Phi) is 5.83. The van der Waals surface area contributed by atoms with Crippen molar-refractivity contribution in [2.24, 2.45) is 0 Å². The van der Waals surface area contributed by atoms with Crippen LogP contribution in [-0.4, -0.2) is 18.0 Å². The van der Waals surface area contributed by atoms with Gasteiger partial charge in [-0.3, -0.25) is 4.79 Å². The van der Waals surface area contributed by atoms with Crippen LogP contribution < -0.4 is 14.8 Å². The standard InChI is InChI=1S/C21H20N2O3/c1-25-18-10-8-16(9-11-18)14-20(24)23-15-17-5-4-6-19(13-17)26-21-7-2-3-12-22-21/h2-13H,14-15H2,1H3,(H,23,24). The second-order valence-electron chi connectivity index (χ2n) is 5.72. The van der Waals surface area contributed by atoms with Crippen LogP contribution in [0, 0.1) is 0 Å². The summed E-state index contributed by atoms with van der Waals surface area (Å²) in [6.45, 7) is 0.439. The molecular weight excluding hydrogens is 328 g/mol. The normalized spacial score (nSPS) is 10.2. The van der Waals surface area contributed by atoms with Crippen LogP contribution in [-0.2, 0) is 17.8 Å². The van der Waals surface area contributed by atoms with Crippen molar-refractivity contribution in [3.63, 3.8) is 0 Å². The van der Waals surface area contributed by atoms with Crippen molar-refractivity contribution in [1.29, 1.82) is 0 Å². The summed E-state index contributed by atoms with van der Waals surface area (Å²) in [6, 6.07) is 20.6. The molecule has 0 fully saturated rings. The van der Waals surface area contributed by atoms with Crippen LogP contribution in [0.1, 0.15) is 11.1 Å². The molecule has 0 unspecified atom stereocenters. The average molecular weight is 348 g/mol. The number of nitrogens with one attached hydrogen (secondary N) is 1. The Hall–Kier alpha value is -3.34. The first-order chi connectivity index (χ1) is 12.7. The number of ether oxygens (including phenoxy) is 2. The first kappa shape index (κ1) is 17.5. The fourth-order valence-electron chi connectivity index (χ4n) is 2.44. The average Bonchev–Trinajstić information content (AvgIpc) is 2.68. The maximum absolute atomic E-state index is 12.1. The molecular formula is C21H20N2O3. The molecule has 0 radical (unpaired) electrons. The van der Waals surface area contributed by atoms with E-state index in [-0.39, 0.29) is 5.91 Å². The summed E-state index contributed by atoms with van der Waals surface area (Å²) in [5.74, 6) is 1.96. The maximum Gasteiger partial charge on any atom is 0.224 e. The zero-order valence-electron chi connectivity index (χ0n) is 14.5. The van der Waals surface area contributed by atoms with E-state index in [0.29, 0.717) is 24.6 Å². The second kappa shape index (κ2) is 8.67. The van der Waals surface area contributed by atoms with Crippen LogP contribution in [0.4, 0.5) is 0 Å². The van der Waals surface area contributed by atoms with Gasteiger partial charge in [0.2, 0.25) is 11.8 Å². The lowest BCUT2D eigenvalue weighted by atomic mass is 10.1.